The van der Waals surface area contributed by atoms with Crippen LogP contribution in [0.4, 0.5) is 0 Å². The van der Waals surface area contributed by atoms with Crippen LogP contribution in [0.15, 0.2) is 54.6 Å². The number of carbonyl (C=O) groups is 2. The molecule has 0 unspecified atom stereocenters. The highest BCUT2D eigenvalue weighted by molar-refractivity contribution is 6.31. The average Bonchev–Trinajstić information content (AvgIpc) is 3.11. The smallest absolute Gasteiger partial charge is 0.267 e. The summed E-state index contributed by atoms with van der Waals surface area (Å²) in [6.45, 7) is 0. The normalized spacial score (nSPS) is 12.0. The van der Waals surface area contributed by atoms with Crippen molar-refractivity contribution in [3.63, 3.8) is 0 Å². The van der Waals surface area contributed by atoms with Crippen molar-refractivity contribution in [2.45, 2.75) is 18.9 Å². The van der Waals surface area contributed by atoms with Crippen LogP contribution in [0.2, 0.25) is 5.02 Å². The van der Waals surface area contributed by atoms with Gasteiger partial charge in [0.25, 0.3) is 5.91 Å². The number of amides is 2. The highest BCUT2D eigenvalue weighted by Gasteiger charge is 2.21. The predicted molar refractivity (Wildman–Crippen MR) is 109 cm³/mol. The molecular formula is C21H22ClN3O3. The molecule has 1 aromatic heterocycles. The van der Waals surface area contributed by atoms with Crippen molar-refractivity contribution in [3.05, 3.63) is 70.9 Å². The second-order valence-electron chi connectivity index (χ2n) is 6.55. The summed E-state index contributed by atoms with van der Waals surface area (Å²) in [5.41, 5.74) is 2.27. The number of H-pyrrole nitrogens is 1. The van der Waals surface area contributed by atoms with Crippen LogP contribution in [0.25, 0.3) is 10.9 Å². The van der Waals surface area contributed by atoms with Gasteiger partial charge in [0.05, 0.1) is 7.11 Å². The van der Waals surface area contributed by atoms with Crippen LogP contribution < -0.4 is 5.32 Å². The van der Waals surface area contributed by atoms with Gasteiger partial charge in [0.15, 0.2) is 0 Å². The summed E-state index contributed by atoms with van der Waals surface area (Å²) in [5.74, 6) is -0.492. The van der Waals surface area contributed by atoms with Gasteiger partial charge in [-0.3, -0.25) is 14.4 Å². The molecule has 28 heavy (non-hydrogen) atoms. The Morgan fingerprint density at radius 1 is 1.18 bits per heavy atom. The summed E-state index contributed by atoms with van der Waals surface area (Å²) in [5, 5.41) is 5.58. The lowest BCUT2D eigenvalue weighted by Crippen LogP contribution is -2.41. The molecule has 0 aliphatic heterocycles. The van der Waals surface area contributed by atoms with E-state index in [-0.39, 0.29) is 24.3 Å². The Morgan fingerprint density at radius 3 is 2.64 bits per heavy atom. The first-order valence-electron chi connectivity index (χ1n) is 8.90. The van der Waals surface area contributed by atoms with Crippen molar-refractivity contribution in [2.24, 2.45) is 0 Å². The van der Waals surface area contributed by atoms with Crippen LogP contribution in [-0.2, 0) is 16.1 Å². The third-order valence-electron chi connectivity index (χ3n) is 4.53. The fourth-order valence-corrected chi connectivity index (χ4v) is 3.18. The molecule has 1 atom stereocenters. The molecule has 0 bridgehead atoms. The lowest BCUT2D eigenvalue weighted by Gasteiger charge is -2.21. The van der Waals surface area contributed by atoms with E-state index in [1.165, 1.54) is 7.11 Å². The summed E-state index contributed by atoms with van der Waals surface area (Å²) in [6.07, 6.45) is 0.652. The van der Waals surface area contributed by atoms with Gasteiger partial charge in [0, 0.05) is 35.4 Å². The third kappa shape index (κ3) is 4.91. The Bertz CT molecular complexity index is 971. The molecule has 1 heterocycles. The summed E-state index contributed by atoms with van der Waals surface area (Å²) in [4.78, 5) is 33.1. The van der Waals surface area contributed by atoms with Crippen molar-refractivity contribution in [1.29, 1.82) is 0 Å². The molecule has 0 fully saturated rings. The second kappa shape index (κ2) is 8.91. The Morgan fingerprint density at radius 2 is 1.93 bits per heavy atom. The van der Waals surface area contributed by atoms with Crippen LogP contribution in [0.5, 0.6) is 0 Å². The maximum absolute atomic E-state index is 12.8. The summed E-state index contributed by atoms with van der Waals surface area (Å²) >= 11 is 6.01. The van der Waals surface area contributed by atoms with Gasteiger partial charge in [-0.05, 0) is 36.2 Å². The van der Waals surface area contributed by atoms with E-state index in [0.29, 0.717) is 17.1 Å². The molecule has 3 rings (SSSR count). The molecule has 2 aromatic carbocycles. The Balaban J connectivity index is 1.78. The van der Waals surface area contributed by atoms with Gasteiger partial charge in [-0.2, -0.15) is 0 Å². The summed E-state index contributed by atoms with van der Waals surface area (Å²) in [7, 11) is 2.98. The lowest BCUT2D eigenvalue weighted by molar-refractivity contribution is -0.169. The van der Waals surface area contributed by atoms with Gasteiger partial charge in [-0.25, -0.2) is 5.06 Å². The minimum Gasteiger partial charge on any atom is -0.351 e. The van der Waals surface area contributed by atoms with E-state index in [1.54, 1.807) is 25.2 Å². The summed E-state index contributed by atoms with van der Waals surface area (Å²) in [6, 6.07) is 16.5. The predicted octanol–water partition coefficient (Wildman–Crippen LogP) is 3.57. The number of nitrogens with one attached hydrogen (secondary N) is 2. The van der Waals surface area contributed by atoms with Gasteiger partial charge < -0.3 is 10.3 Å². The maximum Gasteiger partial charge on any atom is 0.267 e. The Kier molecular flexibility index (Phi) is 6.34. The van der Waals surface area contributed by atoms with Gasteiger partial charge in [0.2, 0.25) is 5.91 Å². The fourth-order valence-electron chi connectivity index (χ4n) is 3.00. The van der Waals surface area contributed by atoms with Gasteiger partial charge in [0.1, 0.15) is 5.69 Å². The zero-order valence-corrected chi connectivity index (χ0v) is 16.5. The molecular weight excluding hydrogens is 378 g/mol. The number of hydrogen-bond acceptors (Lipinski definition) is 3. The van der Waals surface area contributed by atoms with Crippen LogP contribution >= 0.6 is 11.6 Å². The number of carbonyl (C=O) groups excluding carboxylic acids is 2. The average molecular weight is 400 g/mol. The number of nitrogens with zero attached hydrogens (tertiary/aromatic N) is 1. The minimum absolute atomic E-state index is 0.122. The van der Waals surface area contributed by atoms with Crippen LogP contribution in [0.1, 0.15) is 22.5 Å². The van der Waals surface area contributed by atoms with E-state index >= 15 is 0 Å². The topological polar surface area (TPSA) is 74.4 Å². The van der Waals surface area contributed by atoms with Gasteiger partial charge in [-0.15, -0.1) is 0 Å². The molecule has 0 radical (unpaired) electrons. The van der Waals surface area contributed by atoms with Crippen molar-refractivity contribution >= 4 is 34.3 Å². The highest BCUT2D eigenvalue weighted by Crippen LogP contribution is 2.20. The molecule has 146 valence electrons. The standard InChI is InChI=1S/C21H22ClN3O3/c1-25(28-2)20(26)13-17(10-14-6-4-3-5-7-14)23-21(27)19-12-15-11-16(22)8-9-18(15)24-19/h3-9,11-12,17,24H,10,13H2,1-2H3,(H,23,27)/t17-/m0/s1. The largest absolute Gasteiger partial charge is 0.351 e. The lowest BCUT2D eigenvalue weighted by atomic mass is 10.0. The zero-order valence-electron chi connectivity index (χ0n) is 15.7. The van der Waals surface area contributed by atoms with Crippen LogP contribution in [0.3, 0.4) is 0 Å². The first-order chi connectivity index (χ1) is 13.5. The number of hydrogen-bond donors (Lipinski definition) is 2. The monoisotopic (exact) mass is 399 g/mol. The van der Waals surface area contributed by atoms with E-state index in [0.717, 1.165) is 21.5 Å². The van der Waals surface area contributed by atoms with Crippen molar-refractivity contribution in [1.82, 2.24) is 15.4 Å². The first-order valence-corrected chi connectivity index (χ1v) is 9.28. The van der Waals surface area contributed by atoms with E-state index in [1.807, 2.05) is 36.4 Å². The maximum atomic E-state index is 12.8. The molecule has 0 saturated carbocycles. The first kappa shape index (κ1) is 19.9. The molecule has 6 nitrogen and oxygen atoms in total. The second-order valence-corrected chi connectivity index (χ2v) is 6.99. The van der Waals surface area contributed by atoms with E-state index in [4.69, 9.17) is 16.4 Å². The summed E-state index contributed by atoms with van der Waals surface area (Å²) < 4.78 is 0. The van der Waals surface area contributed by atoms with Crippen LogP contribution in [-0.4, -0.2) is 42.1 Å². The zero-order chi connectivity index (χ0) is 20.1. The van der Waals surface area contributed by atoms with Gasteiger partial charge in [-0.1, -0.05) is 41.9 Å². The van der Waals surface area contributed by atoms with E-state index in [9.17, 15) is 9.59 Å². The molecule has 0 saturated heterocycles. The molecule has 2 N–H and O–H groups in total. The van der Waals surface area contributed by atoms with E-state index in [2.05, 4.69) is 10.3 Å². The van der Waals surface area contributed by atoms with Crippen molar-refractivity contribution in [2.75, 3.05) is 14.2 Å². The highest BCUT2D eigenvalue weighted by atomic mass is 35.5. The van der Waals surface area contributed by atoms with Crippen molar-refractivity contribution < 1.29 is 14.4 Å². The fraction of sp³-hybridized carbons (Fsp3) is 0.238. The number of halogens is 1. The molecule has 3 aromatic rings. The minimum atomic E-state index is -0.380. The third-order valence-corrected chi connectivity index (χ3v) is 4.77. The number of hydroxylamine groups is 2. The molecule has 0 aliphatic carbocycles. The number of fused-ring (bicyclic) bond motifs is 1. The quantitative estimate of drug-likeness (QED) is 0.596. The van der Waals surface area contributed by atoms with Gasteiger partial charge >= 0.3 is 0 Å². The Labute approximate surface area is 168 Å². The number of aromatic amines is 1. The van der Waals surface area contributed by atoms with E-state index < -0.39 is 0 Å². The SMILES string of the molecule is CON(C)C(=O)C[C@H](Cc1ccccc1)NC(=O)c1cc2cc(Cl)ccc2[nH]1. The molecule has 2 amide bonds. The number of rotatable bonds is 7. The number of benzene rings is 2. The van der Waals surface area contributed by atoms with Crippen LogP contribution in [0, 0.1) is 0 Å². The molecule has 7 heteroatoms. The van der Waals surface area contributed by atoms with Crippen molar-refractivity contribution in [3.8, 4) is 0 Å². The molecule has 0 aliphatic rings. The Hall–Kier alpha value is -2.83. The number of aromatic nitrogens is 1. The molecule has 0 spiro atoms.